The molecule has 1 aromatic heterocycles. The molecule has 0 saturated carbocycles. The van der Waals surface area contributed by atoms with E-state index in [9.17, 15) is 14.7 Å². The lowest BCUT2D eigenvalue weighted by atomic mass is 9.99. The number of aromatic nitrogens is 1. The lowest BCUT2D eigenvalue weighted by Gasteiger charge is -2.08. The number of phenolic OH excluding ortho intramolecular Hbond substituents is 1. The number of fused-ring (bicyclic) bond motifs is 1. The summed E-state index contributed by atoms with van der Waals surface area (Å²) in [6.45, 7) is 0. The molecule has 1 heterocycles. The number of carbonyl (C=O) groups is 1. The number of nitrogens with one attached hydrogen (secondary N) is 1. The van der Waals surface area contributed by atoms with Crippen LogP contribution in [-0.2, 0) is 0 Å². The SMILES string of the molecule is O=Cc1cccc(-c2c[nH]c(=O)c3cccc(O)c23)c1. The molecular weight excluding hydrogens is 254 g/mol. The van der Waals surface area contributed by atoms with E-state index in [1.54, 1.807) is 36.5 Å². The first kappa shape index (κ1) is 12.2. The van der Waals surface area contributed by atoms with Crippen LogP contribution in [-0.4, -0.2) is 16.4 Å². The Kier molecular flexibility index (Phi) is 2.84. The van der Waals surface area contributed by atoms with Gasteiger partial charge in [0.05, 0.1) is 5.39 Å². The van der Waals surface area contributed by atoms with E-state index in [0.29, 0.717) is 21.9 Å². The molecule has 0 amide bonds. The minimum Gasteiger partial charge on any atom is -0.507 e. The molecule has 0 saturated heterocycles. The zero-order valence-electron chi connectivity index (χ0n) is 10.5. The molecule has 2 aromatic carbocycles. The highest BCUT2D eigenvalue weighted by molar-refractivity contribution is 6.00. The zero-order valence-corrected chi connectivity index (χ0v) is 10.5. The van der Waals surface area contributed by atoms with Gasteiger partial charge >= 0.3 is 0 Å². The molecule has 0 unspecified atom stereocenters. The van der Waals surface area contributed by atoms with Gasteiger partial charge in [0, 0.05) is 22.7 Å². The van der Waals surface area contributed by atoms with Gasteiger partial charge < -0.3 is 10.1 Å². The minimum atomic E-state index is -0.258. The largest absolute Gasteiger partial charge is 0.507 e. The van der Waals surface area contributed by atoms with E-state index in [1.165, 1.54) is 6.07 Å². The van der Waals surface area contributed by atoms with Gasteiger partial charge in [0.1, 0.15) is 12.0 Å². The topological polar surface area (TPSA) is 70.2 Å². The maximum atomic E-state index is 11.8. The van der Waals surface area contributed by atoms with E-state index in [2.05, 4.69) is 4.98 Å². The Morgan fingerprint density at radius 1 is 1.10 bits per heavy atom. The van der Waals surface area contributed by atoms with E-state index in [-0.39, 0.29) is 11.3 Å². The average molecular weight is 265 g/mol. The van der Waals surface area contributed by atoms with Gasteiger partial charge in [-0.2, -0.15) is 0 Å². The Morgan fingerprint density at radius 2 is 1.90 bits per heavy atom. The van der Waals surface area contributed by atoms with Crippen molar-refractivity contribution in [3.8, 4) is 16.9 Å². The minimum absolute atomic E-state index is 0.0418. The standard InChI is InChI=1S/C16H11NO3/c18-9-10-3-1-4-11(7-10)13-8-17-16(20)12-5-2-6-14(19)15(12)13/h1-9,19H,(H,17,20). The molecule has 3 rings (SSSR count). The molecule has 0 atom stereocenters. The molecule has 98 valence electrons. The summed E-state index contributed by atoms with van der Waals surface area (Å²) >= 11 is 0. The molecular formula is C16H11NO3. The van der Waals surface area contributed by atoms with Gasteiger partial charge in [0.15, 0.2) is 0 Å². The molecule has 0 aliphatic rings. The lowest BCUT2D eigenvalue weighted by Crippen LogP contribution is -2.05. The molecule has 0 radical (unpaired) electrons. The molecule has 20 heavy (non-hydrogen) atoms. The first-order chi connectivity index (χ1) is 9.70. The highest BCUT2D eigenvalue weighted by atomic mass is 16.3. The van der Waals surface area contributed by atoms with Crippen LogP contribution in [0.3, 0.4) is 0 Å². The van der Waals surface area contributed by atoms with E-state index < -0.39 is 0 Å². The van der Waals surface area contributed by atoms with Crippen molar-refractivity contribution in [2.75, 3.05) is 0 Å². The highest BCUT2D eigenvalue weighted by Gasteiger charge is 2.10. The normalized spacial score (nSPS) is 10.6. The predicted octanol–water partition coefficient (Wildman–Crippen LogP) is 2.71. The maximum Gasteiger partial charge on any atom is 0.255 e. The smallest absolute Gasteiger partial charge is 0.255 e. The van der Waals surface area contributed by atoms with Crippen molar-refractivity contribution >= 4 is 17.1 Å². The molecule has 0 spiro atoms. The number of aromatic hydroxyl groups is 1. The molecule has 4 nitrogen and oxygen atoms in total. The summed E-state index contributed by atoms with van der Waals surface area (Å²) in [6, 6.07) is 11.8. The number of aromatic amines is 1. The summed E-state index contributed by atoms with van der Waals surface area (Å²) < 4.78 is 0. The third-order valence-corrected chi connectivity index (χ3v) is 3.24. The summed E-state index contributed by atoms with van der Waals surface area (Å²) in [7, 11) is 0. The second kappa shape index (κ2) is 4.66. The fourth-order valence-corrected chi connectivity index (χ4v) is 2.31. The molecule has 2 N–H and O–H groups in total. The third kappa shape index (κ3) is 1.87. The van der Waals surface area contributed by atoms with Crippen LogP contribution < -0.4 is 5.56 Å². The van der Waals surface area contributed by atoms with Crippen molar-refractivity contribution in [2.24, 2.45) is 0 Å². The van der Waals surface area contributed by atoms with Crippen molar-refractivity contribution in [3.63, 3.8) is 0 Å². The van der Waals surface area contributed by atoms with Crippen LogP contribution in [0.5, 0.6) is 5.75 Å². The van der Waals surface area contributed by atoms with Gasteiger partial charge in [-0.15, -0.1) is 0 Å². The average Bonchev–Trinajstić information content (AvgIpc) is 2.48. The molecule has 0 bridgehead atoms. The Bertz CT molecular complexity index is 865. The molecule has 4 heteroatoms. The van der Waals surface area contributed by atoms with Gasteiger partial charge in [-0.05, 0) is 23.8 Å². The fraction of sp³-hybridized carbons (Fsp3) is 0. The predicted molar refractivity (Wildman–Crippen MR) is 77.1 cm³/mol. The lowest BCUT2D eigenvalue weighted by molar-refractivity contribution is 0.112. The Morgan fingerprint density at radius 3 is 2.70 bits per heavy atom. The van der Waals surface area contributed by atoms with Crippen LogP contribution in [0.25, 0.3) is 21.9 Å². The summed E-state index contributed by atoms with van der Waals surface area (Å²) in [5.41, 5.74) is 1.72. The van der Waals surface area contributed by atoms with E-state index in [4.69, 9.17) is 0 Å². The fourth-order valence-electron chi connectivity index (χ4n) is 2.31. The number of benzene rings is 2. The zero-order chi connectivity index (χ0) is 14.1. The number of hydrogen-bond donors (Lipinski definition) is 2. The molecule has 0 aliphatic carbocycles. The molecule has 0 fully saturated rings. The Balaban J connectivity index is 2.39. The number of aldehydes is 1. The summed E-state index contributed by atoms with van der Waals surface area (Å²) in [5, 5.41) is 10.9. The van der Waals surface area contributed by atoms with Crippen molar-refractivity contribution in [1.82, 2.24) is 4.98 Å². The number of phenols is 1. The van der Waals surface area contributed by atoms with Crippen LogP contribution in [0.15, 0.2) is 53.5 Å². The number of carbonyl (C=O) groups excluding carboxylic acids is 1. The molecule has 3 aromatic rings. The molecule has 0 aliphatic heterocycles. The third-order valence-electron chi connectivity index (χ3n) is 3.24. The van der Waals surface area contributed by atoms with Crippen LogP contribution in [0.1, 0.15) is 10.4 Å². The number of pyridine rings is 1. The number of H-pyrrole nitrogens is 1. The first-order valence-electron chi connectivity index (χ1n) is 6.09. The van der Waals surface area contributed by atoms with Gasteiger partial charge in [-0.1, -0.05) is 24.3 Å². The van der Waals surface area contributed by atoms with Crippen molar-refractivity contribution in [3.05, 3.63) is 64.6 Å². The van der Waals surface area contributed by atoms with Gasteiger partial charge in [0.2, 0.25) is 0 Å². The number of hydrogen-bond acceptors (Lipinski definition) is 3. The second-order valence-electron chi connectivity index (χ2n) is 4.47. The Hall–Kier alpha value is -2.88. The van der Waals surface area contributed by atoms with Crippen molar-refractivity contribution in [2.45, 2.75) is 0 Å². The summed E-state index contributed by atoms with van der Waals surface area (Å²) in [6.07, 6.45) is 2.31. The van der Waals surface area contributed by atoms with Crippen LogP contribution in [0.2, 0.25) is 0 Å². The maximum absolute atomic E-state index is 11.8. The first-order valence-corrected chi connectivity index (χ1v) is 6.09. The second-order valence-corrected chi connectivity index (χ2v) is 4.47. The Labute approximate surface area is 114 Å². The summed E-state index contributed by atoms with van der Waals surface area (Å²) in [4.78, 5) is 25.3. The van der Waals surface area contributed by atoms with Crippen LogP contribution >= 0.6 is 0 Å². The van der Waals surface area contributed by atoms with E-state index >= 15 is 0 Å². The van der Waals surface area contributed by atoms with Gasteiger partial charge in [0.25, 0.3) is 5.56 Å². The van der Waals surface area contributed by atoms with Gasteiger partial charge in [-0.25, -0.2) is 0 Å². The summed E-state index contributed by atoms with van der Waals surface area (Å²) in [5.74, 6) is 0.0418. The van der Waals surface area contributed by atoms with Crippen molar-refractivity contribution in [1.29, 1.82) is 0 Å². The van der Waals surface area contributed by atoms with E-state index in [1.807, 2.05) is 6.07 Å². The van der Waals surface area contributed by atoms with Gasteiger partial charge in [-0.3, -0.25) is 9.59 Å². The highest BCUT2D eigenvalue weighted by Crippen LogP contribution is 2.32. The number of rotatable bonds is 2. The monoisotopic (exact) mass is 265 g/mol. The van der Waals surface area contributed by atoms with E-state index in [0.717, 1.165) is 11.8 Å². The quantitative estimate of drug-likeness (QED) is 0.700. The van der Waals surface area contributed by atoms with Crippen LogP contribution in [0.4, 0.5) is 0 Å². The van der Waals surface area contributed by atoms with Crippen LogP contribution in [0, 0.1) is 0 Å². The van der Waals surface area contributed by atoms with Crippen molar-refractivity contribution < 1.29 is 9.90 Å².